The number of aldehydes is 1. The fourth-order valence-corrected chi connectivity index (χ4v) is 3.16. The summed E-state index contributed by atoms with van der Waals surface area (Å²) in [6.45, 7) is 0.501. The fourth-order valence-electron chi connectivity index (χ4n) is 3.16. The lowest BCUT2D eigenvalue weighted by Gasteiger charge is -2.13. The summed E-state index contributed by atoms with van der Waals surface area (Å²) in [6.07, 6.45) is 0.834. The number of fused-ring (bicyclic) bond motifs is 3. The minimum atomic E-state index is -0.0131. The zero-order valence-corrected chi connectivity index (χ0v) is 13.0. The third kappa shape index (κ3) is 2.31. The van der Waals surface area contributed by atoms with Crippen LogP contribution in [0.15, 0.2) is 77.6 Å². The monoisotopic (exact) mass is 313 g/mol. The summed E-state index contributed by atoms with van der Waals surface area (Å²) in [7, 11) is 0. The van der Waals surface area contributed by atoms with E-state index >= 15 is 0 Å². The van der Waals surface area contributed by atoms with E-state index in [1.54, 1.807) is 10.6 Å². The Morgan fingerprint density at radius 1 is 0.792 bits per heavy atom. The van der Waals surface area contributed by atoms with Gasteiger partial charge in [0.15, 0.2) is 0 Å². The first kappa shape index (κ1) is 14.4. The number of rotatable bonds is 3. The van der Waals surface area contributed by atoms with Gasteiger partial charge in [-0.1, -0.05) is 48.5 Å². The molecule has 3 aromatic carbocycles. The van der Waals surface area contributed by atoms with Crippen LogP contribution in [0.3, 0.4) is 0 Å². The standard InChI is InChI=1S/C21H15NO2/c23-14-16-10-11-20-19(12-16)17-8-4-5-9-18(17)21(24)22(20)13-15-6-2-1-3-7-15/h1-12,14H,13H2. The van der Waals surface area contributed by atoms with E-state index in [9.17, 15) is 9.59 Å². The van der Waals surface area contributed by atoms with Crippen LogP contribution in [0, 0.1) is 0 Å². The molecule has 116 valence electrons. The average molecular weight is 313 g/mol. The molecule has 0 spiro atoms. The summed E-state index contributed by atoms with van der Waals surface area (Å²) < 4.78 is 1.78. The fraction of sp³-hybridized carbons (Fsp3) is 0.0476. The summed E-state index contributed by atoms with van der Waals surface area (Å²) in [5.41, 5.74) is 2.50. The van der Waals surface area contributed by atoms with Gasteiger partial charge in [0.1, 0.15) is 6.29 Å². The molecule has 0 bridgehead atoms. The van der Waals surface area contributed by atoms with Crippen LogP contribution in [-0.4, -0.2) is 10.9 Å². The highest BCUT2D eigenvalue weighted by Crippen LogP contribution is 2.24. The Morgan fingerprint density at radius 3 is 2.25 bits per heavy atom. The van der Waals surface area contributed by atoms with E-state index in [2.05, 4.69) is 0 Å². The number of aromatic nitrogens is 1. The molecule has 0 N–H and O–H groups in total. The maximum absolute atomic E-state index is 13.0. The van der Waals surface area contributed by atoms with E-state index in [1.165, 1.54) is 0 Å². The molecule has 4 aromatic rings. The van der Waals surface area contributed by atoms with Gasteiger partial charge in [0.05, 0.1) is 12.1 Å². The maximum Gasteiger partial charge on any atom is 0.259 e. The highest BCUT2D eigenvalue weighted by atomic mass is 16.1. The molecule has 0 aliphatic carbocycles. The molecule has 0 aliphatic heterocycles. The van der Waals surface area contributed by atoms with Crippen molar-refractivity contribution in [2.45, 2.75) is 6.54 Å². The van der Waals surface area contributed by atoms with Crippen molar-refractivity contribution in [3.05, 3.63) is 94.3 Å². The minimum Gasteiger partial charge on any atom is -0.303 e. The Morgan fingerprint density at radius 2 is 1.50 bits per heavy atom. The third-order valence-electron chi connectivity index (χ3n) is 4.32. The van der Waals surface area contributed by atoms with E-state index in [1.807, 2.05) is 66.7 Å². The van der Waals surface area contributed by atoms with Crippen molar-refractivity contribution in [1.82, 2.24) is 4.57 Å². The van der Waals surface area contributed by atoms with Crippen LogP contribution in [-0.2, 0) is 6.54 Å². The first-order valence-electron chi connectivity index (χ1n) is 7.82. The average Bonchev–Trinajstić information content (AvgIpc) is 2.65. The van der Waals surface area contributed by atoms with Crippen molar-refractivity contribution in [3.8, 4) is 0 Å². The van der Waals surface area contributed by atoms with Gasteiger partial charge in [-0.25, -0.2) is 0 Å². The first-order chi connectivity index (χ1) is 11.8. The topological polar surface area (TPSA) is 39.1 Å². The van der Waals surface area contributed by atoms with Gasteiger partial charge >= 0.3 is 0 Å². The molecule has 1 heterocycles. The van der Waals surface area contributed by atoms with Crippen LogP contribution in [0.1, 0.15) is 15.9 Å². The predicted molar refractivity (Wildman–Crippen MR) is 96.6 cm³/mol. The van der Waals surface area contributed by atoms with E-state index < -0.39 is 0 Å². The zero-order chi connectivity index (χ0) is 16.5. The van der Waals surface area contributed by atoms with Crippen LogP contribution < -0.4 is 5.56 Å². The Bertz CT molecular complexity index is 1110. The zero-order valence-electron chi connectivity index (χ0n) is 13.0. The second-order valence-corrected chi connectivity index (χ2v) is 5.82. The van der Waals surface area contributed by atoms with Crippen molar-refractivity contribution in [2.75, 3.05) is 0 Å². The molecule has 0 aliphatic rings. The van der Waals surface area contributed by atoms with Gasteiger partial charge in [-0.2, -0.15) is 0 Å². The van der Waals surface area contributed by atoms with Crippen molar-refractivity contribution in [3.63, 3.8) is 0 Å². The van der Waals surface area contributed by atoms with Gasteiger partial charge in [-0.15, -0.1) is 0 Å². The Balaban J connectivity index is 2.09. The van der Waals surface area contributed by atoms with Crippen LogP contribution in [0.5, 0.6) is 0 Å². The van der Waals surface area contributed by atoms with Crippen molar-refractivity contribution >= 4 is 28.0 Å². The predicted octanol–water partition coefficient (Wildman–Crippen LogP) is 4.02. The van der Waals surface area contributed by atoms with Crippen LogP contribution in [0.4, 0.5) is 0 Å². The van der Waals surface area contributed by atoms with Crippen molar-refractivity contribution in [1.29, 1.82) is 0 Å². The molecule has 24 heavy (non-hydrogen) atoms. The molecule has 0 amide bonds. The van der Waals surface area contributed by atoms with Gasteiger partial charge in [-0.3, -0.25) is 9.59 Å². The lowest BCUT2D eigenvalue weighted by molar-refractivity contribution is 0.112. The Kier molecular flexibility index (Phi) is 3.47. The normalized spacial score (nSPS) is 11.0. The van der Waals surface area contributed by atoms with E-state index in [0.29, 0.717) is 17.5 Å². The van der Waals surface area contributed by atoms with Gasteiger partial charge in [0, 0.05) is 16.3 Å². The molecular weight excluding hydrogens is 298 g/mol. The lowest BCUT2D eigenvalue weighted by atomic mass is 10.0. The summed E-state index contributed by atoms with van der Waals surface area (Å²) in [5.74, 6) is 0. The van der Waals surface area contributed by atoms with E-state index in [4.69, 9.17) is 0 Å². The molecule has 0 saturated heterocycles. The van der Waals surface area contributed by atoms with Crippen LogP contribution >= 0.6 is 0 Å². The summed E-state index contributed by atoms with van der Waals surface area (Å²) in [4.78, 5) is 24.2. The highest BCUT2D eigenvalue weighted by Gasteiger charge is 2.11. The van der Waals surface area contributed by atoms with E-state index in [0.717, 1.165) is 28.1 Å². The summed E-state index contributed by atoms with van der Waals surface area (Å²) in [6, 6.07) is 22.9. The molecule has 0 atom stereocenters. The number of carbonyl (C=O) groups excluding carboxylic acids is 1. The van der Waals surface area contributed by atoms with Gasteiger partial charge in [-0.05, 0) is 35.2 Å². The third-order valence-corrected chi connectivity index (χ3v) is 4.32. The summed E-state index contributed by atoms with van der Waals surface area (Å²) >= 11 is 0. The molecule has 0 radical (unpaired) electrons. The number of carbonyl (C=O) groups is 1. The number of hydrogen-bond donors (Lipinski definition) is 0. The summed E-state index contributed by atoms with van der Waals surface area (Å²) in [5, 5.41) is 2.47. The number of benzene rings is 3. The smallest absolute Gasteiger partial charge is 0.259 e. The van der Waals surface area contributed by atoms with Gasteiger partial charge < -0.3 is 4.57 Å². The lowest BCUT2D eigenvalue weighted by Crippen LogP contribution is -2.21. The molecule has 4 rings (SSSR count). The molecule has 0 saturated carbocycles. The first-order valence-corrected chi connectivity index (χ1v) is 7.82. The SMILES string of the molecule is O=Cc1ccc2c(c1)c1ccccc1c(=O)n2Cc1ccccc1. The van der Waals surface area contributed by atoms with Crippen molar-refractivity contribution in [2.24, 2.45) is 0 Å². The van der Waals surface area contributed by atoms with Gasteiger partial charge in [0.25, 0.3) is 5.56 Å². The minimum absolute atomic E-state index is 0.0131. The molecule has 0 unspecified atom stereocenters. The molecule has 0 fully saturated rings. The van der Waals surface area contributed by atoms with Gasteiger partial charge in [0.2, 0.25) is 0 Å². The van der Waals surface area contributed by atoms with E-state index in [-0.39, 0.29) is 5.56 Å². The number of nitrogens with zero attached hydrogens (tertiary/aromatic N) is 1. The van der Waals surface area contributed by atoms with Crippen LogP contribution in [0.2, 0.25) is 0 Å². The molecule has 3 heteroatoms. The Hall–Kier alpha value is -3.20. The highest BCUT2D eigenvalue weighted by molar-refractivity contribution is 6.07. The molecular formula is C21H15NO2. The Labute approximate surface area is 138 Å². The van der Waals surface area contributed by atoms with Crippen molar-refractivity contribution < 1.29 is 4.79 Å². The molecule has 1 aromatic heterocycles. The second kappa shape index (κ2) is 5.78. The number of hydrogen-bond acceptors (Lipinski definition) is 2. The largest absolute Gasteiger partial charge is 0.303 e. The number of pyridine rings is 1. The second-order valence-electron chi connectivity index (χ2n) is 5.82. The quantitative estimate of drug-likeness (QED) is 0.423. The maximum atomic E-state index is 13.0. The van der Waals surface area contributed by atoms with Crippen LogP contribution in [0.25, 0.3) is 21.7 Å². The molecule has 3 nitrogen and oxygen atoms in total.